The standard InChI is InChI=1S/C16H25FN2O2/c1-18-14(8-9-19(10-11-20)12-6-7-12)16-13(17)4-3-5-15(16)21-2/h3-5,12,14,18,20H,6-11H2,1-2H3. The minimum atomic E-state index is -0.242. The van der Waals surface area contributed by atoms with Crippen LogP contribution in [0.3, 0.4) is 0 Å². The zero-order valence-electron chi connectivity index (χ0n) is 12.8. The molecule has 21 heavy (non-hydrogen) atoms. The van der Waals surface area contributed by atoms with E-state index in [9.17, 15) is 4.39 Å². The van der Waals surface area contributed by atoms with Crippen molar-refractivity contribution >= 4 is 0 Å². The molecule has 1 atom stereocenters. The lowest BCUT2D eigenvalue weighted by molar-refractivity contribution is 0.182. The number of aliphatic hydroxyl groups is 1. The molecule has 0 bridgehead atoms. The average Bonchev–Trinajstić information content (AvgIpc) is 3.32. The highest BCUT2D eigenvalue weighted by Gasteiger charge is 2.29. The van der Waals surface area contributed by atoms with E-state index >= 15 is 0 Å². The number of benzene rings is 1. The number of ether oxygens (including phenoxy) is 1. The van der Waals surface area contributed by atoms with Crippen LogP contribution in [0.4, 0.5) is 4.39 Å². The third-order valence-electron chi connectivity index (χ3n) is 4.09. The smallest absolute Gasteiger partial charge is 0.131 e. The predicted octanol–water partition coefficient (Wildman–Crippen LogP) is 1.94. The molecule has 2 N–H and O–H groups in total. The van der Waals surface area contributed by atoms with E-state index in [1.54, 1.807) is 19.2 Å². The molecule has 1 aliphatic carbocycles. The van der Waals surface area contributed by atoms with Crippen molar-refractivity contribution in [1.82, 2.24) is 10.2 Å². The van der Waals surface area contributed by atoms with Gasteiger partial charge in [0.25, 0.3) is 0 Å². The van der Waals surface area contributed by atoms with Crippen molar-refractivity contribution in [1.29, 1.82) is 0 Å². The fraction of sp³-hybridized carbons (Fsp3) is 0.625. The van der Waals surface area contributed by atoms with Crippen LogP contribution in [0.1, 0.15) is 30.9 Å². The Morgan fingerprint density at radius 3 is 2.76 bits per heavy atom. The number of nitrogens with zero attached hydrogens (tertiary/aromatic N) is 1. The molecule has 0 aliphatic heterocycles. The minimum absolute atomic E-state index is 0.0962. The van der Waals surface area contributed by atoms with E-state index in [-0.39, 0.29) is 18.5 Å². The second-order valence-corrected chi connectivity index (χ2v) is 5.48. The van der Waals surface area contributed by atoms with E-state index < -0.39 is 0 Å². The van der Waals surface area contributed by atoms with Crippen molar-refractivity contribution in [3.63, 3.8) is 0 Å². The van der Waals surface area contributed by atoms with E-state index in [1.807, 2.05) is 7.05 Å². The Morgan fingerprint density at radius 1 is 1.43 bits per heavy atom. The number of methoxy groups -OCH3 is 1. The first-order valence-electron chi connectivity index (χ1n) is 7.55. The maximum Gasteiger partial charge on any atom is 0.131 e. The first-order valence-corrected chi connectivity index (χ1v) is 7.55. The molecule has 1 saturated carbocycles. The average molecular weight is 296 g/mol. The van der Waals surface area contributed by atoms with Gasteiger partial charge in [-0.05, 0) is 38.4 Å². The molecule has 2 rings (SSSR count). The number of aliphatic hydroxyl groups excluding tert-OH is 1. The first-order chi connectivity index (χ1) is 10.2. The van der Waals surface area contributed by atoms with Crippen LogP contribution in [0.2, 0.25) is 0 Å². The van der Waals surface area contributed by atoms with E-state index in [0.29, 0.717) is 23.9 Å². The van der Waals surface area contributed by atoms with Crippen molar-refractivity contribution in [2.45, 2.75) is 31.3 Å². The van der Waals surface area contributed by atoms with Gasteiger partial charge in [0.2, 0.25) is 0 Å². The SMILES string of the molecule is CNC(CCN(CCO)C1CC1)c1c(F)cccc1OC. The molecule has 4 nitrogen and oxygen atoms in total. The van der Waals surface area contributed by atoms with Crippen molar-refractivity contribution in [3.8, 4) is 5.75 Å². The maximum absolute atomic E-state index is 14.1. The second kappa shape index (κ2) is 7.73. The number of hydrogen-bond acceptors (Lipinski definition) is 4. The quantitative estimate of drug-likeness (QED) is 0.731. The Bertz CT molecular complexity index is 452. The number of hydrogen-bond donors (Lipinski definition) is 2. The molecule has 5 heteroatoms. The van der Waals surface area contributed by atoms with Crippen LogP contribution in [0, 0.1) is 5.82 Å². The Labute approximate surface area is 125 Å². The molecule has 0 aromatic heterocycles. The Morgan fingerprint density at radius 2 is 2.19 bits per heavy atom. The highest BCUT2D eigenvalue weighted by molar-refractivity contribution is 5.37. The van der Waals surface area contributed by atoms with Crippen LogP contribution in [0.5, 0.6) is 5.75 Å². The molecule has 1 fully saturated rings. The van der Waals surface area contributed by atoms with E-state index in [0.717, 1.165) is 13.0 Å². The van der Waals surface area contributed by atoms with Gasteiger partial charge in [-0.2, -0.15) is 0 Å². The van der Waals surface area contributed by atoms with Gasteiger partial charge < -0.3 is 15.2 Å². The molecule has 0 spiro atoms. The maximum atomic E-state index is 14.1. The molecule has 1 aromatic rings. The summed E-state index contributed by atoms with van der Waals surface area (Å²) in [6.45, 7) is 1.70. The summed E-state index contributed by atoms with van der Waals surface area (Å²) in [5.41, 5.74) is 0.585. The lowest BCUT2D eigenvalue weighted by Crippen LogP contribution is -2.33. The molecule has 1 aromatic carbocycles. The third kappa shape index (κ3) is 4.15. The van der Waals surface area contributed by atoms with Gasteiger partial charge in [0.15, 0.2) is 0 Å². The summed E-state index contributed by atoms with van der Waals surface area (Å²) in [5, 5.41) is 12.3. The number of rotatable bonds is 9. The molecule has 0 radical (unpaired) electrons. The van der Waals surface area contributed by atoms with Gasteiger partial charge in [-0.1, -0.05) is 6.07 Å². The predicted molar refractivity (Wildman–Crippen MR) is 81.1 cm³/mol. The van der Waals surface area contributed by atoms with Gasteiger partial charge in [-0.15, -0.1) is 0 Å². The highest BCUT2D eigenvalue weighted by Crippen LogP contribution is 2.31. The molecular weight excluding hydrogens is 271 g/mol. The van der Waals surface area contributed by atoms with Gasteiger partial charge in [0, 0.05) is 30.7 Å². The summed E-state index contributed by atoms with van der Waals surface area (Å²) in [6.07, 6.45) is 3.19. The van der Waals surface area contributed by atoms with Crippen molar-refractivity contribution in [3.05, 3.63) is 29.6 Å². The molecule has 1 aliphatic rings. The zero-order valence-corrected chi connectivity index (χ0v) is 12.8. The lowest BCUT2D eigenvalue weighted by Gasteiger charge is -2.25. The van der Waals surface area contributed by atoms with Gasteiger partial charge in [-0.3, -0.25) is 4.90 Å². The normalized spacial score (nSPS) is 16.2. The fourth-order valence-electron chi connectivity index (χ4n) is 2.81. The Kier molecular flexibility index (Phi) is 5.96. The van der Waals surface area contributed by atoms with Crippen LogP contribution in [0.25, 0.3) is 0 Å². The molecular formula is C16H25FN2O2. The van der Waals surface area contributed by atoms with Crippen molar-refractivity contribution in [2.24, 2.45) is 0 Å². The third-order valence-corrected chi connectivity index (χ3v) is 4.09. The molecule has 118 valence electrons. The van der Waals surface area contributed by atoms with Crippen molar-refractivity contribution in [2.75, 3.05) is 33.9 Å². The highest BCUT2D eigenvalue weighted by atomic mass is 19.1. The van der Waals surface area contributed by atoms with Crippen molar-refractivity contribution < 1.29 is 14.2 Å². The zero-order chi connectivity index (χ0) is 15.2. The summed E-state index contributed by atoms with van der Waals surface area (Å²) in [7, 11) is 3.40. The monoisotopic (exact) mass is 296 g/mol. The topological polar surface area (TPSA) is 44.7 Å². The summed E-state index contributed by atoms with van der Waals surface area (Å²) in [6, 6.07) is 5.41. The fourth-order valence-corrected chi connectivity index (χ4v) is 2.81. The summed E-state index contributed by atoms with van der Waals surface area (Å²) in [5.74, 6) is 0.336. The second-order valence-electron chi connectivity index (χ2n) is 5.48. The van der Waals surface area contributed by atoms with Crippen LogP contribution in [0.15, 0.2) is 18.2 Å². The molecule has 0 saturated heterocycles. The molecule has 0 heterocycles. The van der Waals surface area contributed by atoms with Crippen LogP contribution >= 0.6 is 0 Å². The number of nitrogens with one attached hydrogen (secondary N) is 1. The minimum Gasteiger partial charge on any atom is -0.496 e. The van der Waals surface area contributed by atoms with E-state index in [1.165, 1.54) is 18.9 Å². The van der Waals surface area contributed by atoms with Gasteiger partial charge in [0.05, 0.1) is 13.7 Å². The largest absolute Gasteiger partial charge is 0.496 e. The van der Waals surface area contributed by atoms with Gasteiger partial charge in [-0.25, -0.2) is 4.39 Å². The number of halogens is 1. The van der Waals surface area contributed by atoms with E-state index in [2.05, 4.69) is 10.2 Å². The van der Waals surface area contributed by atoms with Crippen LogP contribution < -0.4 is 10.1 Å². The molecule has 1 unspecified atom stereocenters. The first kappa shape index (κ1) is 16.2. The van der Waals surface area contributed by atoms with Crippen LogP contribution in [-0.2, 0) is 0 Å². The van der Waals surface area contributed by atoms with Crippen LogP contribution in [-0.4, -0.2) is 49.9 Å². The Hall–Kier alpha value is -1.17. The molecule has 0 amide bonds. The lowest BCUT2D eigenvalue weighted by atomic mass is 10.0. The van der Waals surface area contributed by atoms with Gasteiger partial charge in [0.1, 0.15) is 11.6 Å². The summed E-state index contributed by atoms with van der Waals surface area (Å²) >= 11 is 0. The summed E-state index contributed by atoms with van der Waals surface area (Å²) in [4.78, 5) is 2.29. The summed E-state index contributed by atoms with van der Waals surface area (Å²) < 4.78 is 19.4. The van der Waals surface area contributed by atoms with E-state index in [4.69, 9.17) is 9.84 Å². The van der Waals surface area contributed by atoms with Gasteiger partial charge >= 0.3 is 0 Å². The Balaban J connectivity index is 2.05.